The number of likely N-dealkylation sites (N-methyl/N-ethyl adjacent to an activating group) is 1. The molecule has 0 bridgehead atoms. The fourth-order valence-electron chi connectivity index (χ4n) is 7.04. The highest BCUT2D eigenvalue weighted by Gasteiger charge is 2.36. The topological polar surface area (TPSA) is 137 Å². The summed E-state index contributed by atoms with van der Waals surface area (Å²) in [7, 11) is 1.10. The van der Waals surface area contributed by atoms with Crippen molar-refractivity contribution in [3.63, 3.8) is 0 Å². The third-order valence-electron chi connectivity index (χ3n) is 11.3. The summed E-state index contributed by atoms with van der Waals surface area (Å²) in [5.74, 6) is 1.40. The average molecular weight is 892 g/mol. The van der Waals surface area contributed by atoms with Crippen LogP contribution >= 0.6 is 7.82 Å². The van der Waals surface area contributed by atoms with E-state index in [9.17, 15) is 19.0 Å². The van der Waals surface area contributed by atoms with E-state index in [0.717, 1.165) is 70.0 Å². The number of esters is 2. The quantitative estimate of drug-likeness (QED) is 0.0157. The zero-order valence-corrected chi connectivity index (χ0v) is 40.9. The number of aryl methyl sites for hydroxylation is 2. The van der Waals surface area contributed by atoms with Gasteiger partial charge in [0.2, 0.25) is 0 Å². The molecule has 356 valence electrons. The van der Waals surface area contributed by atoms with Crippen LogP contribution < -0.4 is 4.89 Å². The fourth-order valence-corrected chi connectivity index (χ4v) is 7.77. The molecule has 1 aromatic rings. The molecule has 1 saturated heterocycles. The Hall–Kier alpha value is -2.53. The van der Waals surface area contributed by atoms with Crippen LogP contribution in [-0.4, -0.2) is 82.2 Å². The summed E-state index contributed by atoms with van der Waals surface area (Å²) in [5.41, 5.74) is 2.65. The Balaban J connectivity index is 1.64. The highest BCUT2D eigenvalue weighted by atomic mass is 31.2. The predicted molar refractivity (Wildman–Crippen MR) is 248 cm³/mol. The number of carbonyl (C=O) groups excluding carboxylic acids is 2. The van der Waals surface area contributed by atoms with Gasteiger partial charge in [-0.15, -0.1) is 0 Å². The summed E-state index contributed by atoms with van der Waals surface area (Å²) in [6, 6.07) is 0. The number of ether oxygens (including phenoxy) is 3. The Bertz CT molecular complexity index is 1490. The van der Waals surface area contributed by atoms with Crippen LogP contribution in [0.25, 0.3) is 0 Å². The number of rotatable bonds is 39. The third kappa shape index (κ3) is 28.3. The number of allylic oxidation sites excluding steroid dienone is 4. The van der Waals surface area contributed by atoms with Crippen LogP contribution in [0, 0.1) is 13.8 Å². The van der Waals surface area contributed by atoms with Crippen LogP contribution in [0.1, 0.15) is 178 Å². The van der Waals surface area contributed by atoms with E-state index in [1.165, 1.54) is 74.7 Å². The third-order valence-corrected chi connectivity index (χ3v) is 12.2. The van der Waals surface area contributed by atoms with Crippen molar-refractivity contribution in [2.75, 3.05) is 47.5 Å². The number of nitrogens with zero attached hydrogens (tertiary/aromatic N) is 1. The highest BCUT2D eigenvalue weighted by Crippen LogP contribution is 2.38. The van der Waals surface area contributed by atoms with Crippen molar-refractivity contribution in [3.8, 4) is 0 Å². The van der Waals surface area contributed by atoms with Gasteiger partial charge in [0.15, 0.2) is 6.10 Å². The lowest BCUT2D eigenvalue weighted by Gasteiger charge is -2.28. The van der Waals surface area contributed by atoms with Crippen LogP contribution in [0.2, 0.25) is 0 Å². The number of carbonyl (C=O) groups is 2. The van der Waals surface area contributed by atoms with Crippen LogP contribution in [0.5, 0.6) is 0 Å². The maximum atomic E-state index is 12.7. The number of phosphoric acid groups is 1. The Morgan fingerprint density at radius 2 is 1.21 bits per heavy atom. The second-order valence-electron chi connectivity index (χ2n) is 18.1. The Labute approximate surface area is 376 Å². The molecule has 1 fully saturated rings. The molecule has 0 N–H and O–H groups in total. The standard InChI is InChI=1S/C50H86NO10P/c1-8-10-12-13-21-28-34-47-48(61-47)35-29-23-18-16-20-25-31-37-50(53)59-44(41-58-62(54,55)57-39-38-51(5,6)7)40-56-49(52)36-30-24-19-15-14-17-22-27-33-46-43(4)42(3)45(60-46)32-26-11-9-2/h16,20-21,23,28-29,44,47-48H,8-15,17-19,22,24-27,30-41H2,1-7H3/b20-16-,28-21-,29-23-/t44-,47?,48?/m1/s1. The minimum Gasteiger partial charge on any atom is -0.756 e. The van der Waals surface area contributed by atoms with Crippen LogP contribution in [0.15, 0.2) is 40.9 Å². The van der Waals surface area contributed by atoms with Crippen molar-refractivity contribution in [2.45, 2.75) is 200 Å². The highest BCUT2D eigenvalue weighted by molar-refractivity contribution is 7.45. The Morgan fingerprint density at radius 3 is 1.85 bits per heavy atom. The predicted octanol–water partition coefficient (Wildman–Crippen LogP) is 11.7. The number of furan rings is 1. The lowest BCUT2D eigenvalue weighted by Crippen LogP contribution is -2.37. The maximum Gasteiger partial charge on any atom is 0.306 e. The molecule has 0 amide bonds. The van der Waals surface area contributed by atoms with Crippen molar-refractivity contribution in [1.29, 1.82) is 0 Å². The first-order valence-electron chi connectivity index (χ1n) is 24.2. The molecule has 4 atom stereocenters. The number of unbranched alkanes of at least 4 members (excludes halogenated alkanes) is 13. The first kappa shape index (κ1) is 55.6. The minimum atomic E-state index is -4.66. The molecule has 2 heterocycles. The fraction of sp³-hybridized carbons (Fsp3) is 0.760. The van der Waals surface area contributed by atoms with Gasteiger partial charge in [0.05, 0.1) is 40.0 Å². The summed E-state index contributed by atoms with van der Waals surface area (Å²) < 4.78 is 46.0. The molecule has 1 aromatic heterocycles. The van der Waals surface area contributed by atoms with Gasteiger partial charge in [0.25, 0.3) is 7.82 Å². The van der Waals surface area contributed by atoms with Gasteiger partial charge in [-0.05, 0) is 89.2 Å². The molecule has 62 heavy (non-hydrogen) atoms. The number of phosphoric ester groups is 1. The van der Waals surface area contributed by atoms with Crippen LogP contribution in [0.4, 0.5) is 0 Å². The summed E-state index contributed by atoms with van der Waals surface area (Å²) >= 11 is 0. The number of hydrogen-bond acceptors (Lipinski definition) is 10. The van der Waals surface area contributed by atoms with Crippen molar-refractivity contribution in [2.24, 2.45) is 0 Å². The van der Waals surface area contributed by atoms with Gasteiger partial charge in [-0.1, -0.05) is 115 Å². The molecule has 2 rings (SSSR count). The normalized spacial score (nSPS) is 17.0. The molecule has 1 aliphatic heterocycles. The summed E-state index contributed by atoms with van der Waals surface area (Å²) in [4.78, 5) is 37.8. The molecule has 3 unspecified atom stereocenters. The second-order valence-corrected chi connectivity index (χ2v) is 19.5. The second kappa shape index (κ2) is 33.0. The van der Waals surface area contributed by atoms with Gasteiger partial charge in [0.1, 0.15) is 31.3 Å². The van der Waals surface area contributed by atoms with E-state index in [2.05, 4.69) is 58.1 Å². The van der Waals surface area contributed by atoms with Crippen molar-refractivity contribution in [1.82, 2.24) is 0 Å². The zero-order valence-electron chi connectivity index (χ0n) is 40.0. The van der Waals surface area contributed by atoms with E-state index in [-0.39, 0.29) is 26.1 Å². The van der Waals surface area contributed by atoms with Crippen molar-refractivity contribution >= 4 is 19.8 Å². The zero-order chi connectivity index (χ0) is 45.5. The number of hydrogen-bond donors (Lipinski definition) is 0. The van der Waals surface area contributed by atoms with Gasteiger partial charge in [0, 0.05) is 25.7 Å². The first-order valence-corrected chi connectivity index (χ1v) is 25.6. The molecule has 1 aliphatic rings. The van der Waals surface area contributed by atoms with Crippen LogP contribution in [0.3, 0.4) is 0 Å². The van der Waals surface area contributed by atoms with E-state index < -0.39 is 32.5 Å². The molecular weight excluding hydrogens is 806 g/mol. The van der Waals surface area contributed by atoms with Gasteiger partial charge < -0.3 is 37.1 Å². The molecule has 11 nitrogen and oxygen atoms in total. The van der Waals surface area contributed by atoms with Crippen molar-refractivity contribution in [3.05, 3.63) is 59.1 Å². The van der Waals surface area contributed by atoms with Crippen LogP contribution in [-0.2, 0) is 50.3 Å². The van der Waals surface area contributed by atoms with E-state index >= 15 is 0 Å². The Kier molecular flexibility index (Phi) is 29.6. The average Bonchev–Trinajstić information content (AvgIpc) is 3.92. The molecule has 12 heteroatoms. The maximum absolute atomic E-state index is 12.7. The monoisotopic (exact) mass is 892 g/mol. The van der Waals surface area contributed by atoms with Gasteiger partial charge in [-0.2, -0.15) is 0 Å². The summed E-state index contributed by atoms with van der Waals surface area (Å²) in [6.45, 7) is 8.43. The molecule has 0 aliphatic carbocycles. The van der Waals surface area contributed by atoms with E-state index in [1.54, 1.807) is 0 Å². The molecule has 0 saturated carbocycles. The lowest BCUT2D eigenvalue weighted by molar-refractivity contribution is -0.870. The summed E-state index contributed by atoms with van der Waals surface area (Å²) in [5, 5.41) is 0. The smallest absolute Gasteiger partial charge is 0.306 e. The van der Waals surface area contributed by atoms with Gasteiger partial charge in [-0.3, -0.25) is 14.2 Å². The molecular formula is C50H86NO10P. The van der Waals surface area contributed by atoms with Gasteiger partial charge >= 0.3 is 11.9 Å². The largest absolute Gasteiger partial charge is 0.756 e. The summed E-state index contributed by atoms with van der Waals surface area (Å²) in [6.07, 6.45) is 36.0. The Morgan fingerprint density at radius 1 is 0.677 bits per heavy atom. The molecule has 0 spiro atoms. The first-order chi connectivity index (χ1) is 29.7. The van der Waals surface area contributed by atoms with E-state index in [1.807, 2.05) is 27.2 Å². The minimum absolute atomic E-state index is 0.0508. The molecule has 0 aromatic carbocycles. The van der Waals surface area contributed by atoms with Crippen molar-refractivity contribution < 1.29 is 51.2 Å². The van der Waals surface area contributed by atoms with Gasteiger partial charge in [-0.25, -0.2) is 0 Å². The van der Waals surface area contributed by atoms with E-state index in [0.29, 0.717) is 42.5 Å². The SMILES string of the molecule is CCCCC/C=C\CC1OC1C/C=C\C/C=C\CCCC(=O)O[C@H](COC(=O)CCCCCCCCCCc1oc(CCCCC)c(C)c1C)COP(=O)([O-])OCC[N+](C)(C)C. The van der Waals surface area contributed by atoms with E-state index in [4.69, 9.17) is 27.7 Å². The lowest BCUT2D eigenvalue weighted by atomic mass is 10.0. The number of epoxide rings is 1. The molecule has 0 radical (unpaired) electrons. The number of quaternary nitrogens is 1.